The SMILES string of the molecule is CCCNC(=O)c1cccc(CNC(=NC)N(C)CCOc2ccccc2)c1.I. The zero-order valence-electron chi connectivity index (χ0n) is 17.4. The number of hydrogen-bond donors (Lipinski definition) is 2. The van der Waals surface area contributed by atoms with Crippen molar-refractivity contribution in [3.8, 4) is 5.75 Å². The summed E-state index contributed by atoms with van der Waals surface area (Å²) >= 11 is 0. The third-order valence-electron chi connectivity index (χ3n) is 4.19. The predicted molar refractivity (Wildman–Crippen MR) is 129 cm³/mol. The number of nitrogens with zero attached hydrogens (tertiary/aromatic N) is 2. The van der Waals surface area contributed by atoms with Crippen LogP contribution < -0.4 is 15.4 Å². The zero-order valence-corrected chi connectivity index (χ0v) is 19.7. The lowest BCUT2D eigenvalue weighted by molar-refractivity contribution is 0.0953. The molecule has 0 aliphatic rings. The van der Waals surface area contributed by atoms with E-state index in [1.54, 1.807) is 7.05 Å². The smallest absolute Gasteiger partial charge is 0.251 e. The number of guanidine groups is 1. The van der Waals surface area contributed by atoms with Crippen molar-refractivity contribution >= 4 is 35.8 Å². The number of nitrogens with one attached hydrogen (secondary N) is 2. The first-order valence-corrected chi connectivity index (χ1v) is 9.60. The second kappa shape index (κ2) is 13.8. The van der Waals surface area contributed by atoms with Gasteiger partial charge in [-0.25, -0.2) is 0 Å². The number of amides is 1. The lowest BCUT2D eigenvalue weighted by Crippen LogP contribution is -2.40. The van der Waals surface area contributed by atoms with Gasteiger partial charge in [-0.1, -0.05) is 37.3 Å². The molecule has 0 unspecified atom stereocenters. The van der Waals surface area contributed by atoms with Crippen LogP contribution in [0.2, 0.25) is 0 Å². The molecule has 0 saturated carbocycles. The van der Waals surface area contributed by atoms with E-state index in [-0.39, 0.29) is 29.9 Å². The van der Waals surface area contributed by atoms with Crippen molar-refractivity contribution in [3.63, 3.8) is 0 Å². The van der Waals surface area contributed by atoms with E-state index in [9.17, 15) is 4.79 Å². The molecule has 0 heterocycles. The molecule has 0 radical (unpaired) electrons. The summed E-state index contributed by atoms with van der Waals surface area (Å²) in [7, 11) is 3.73. The highest BCUT2D eigenvalue weighted by molar-refractivity contribution is 14.0. The zero-order chi connectivity index (χ0) is 20.2. The molecular weight excluding hydrogens is 479 g/mol. The quantitative estimate of drug-likeness (QED) is 0.308. The minimum Gasteiger partial charge on any atom is -0.492 e. The third-order valence-corrected chi connectivity index (χ3v) is 4.19. The lowest BCUT2D eigenvalue weighted by Gasteiger charge is -2.22. The molecule has 0 saturated heterocycles. The minimum atomic E-state index is -0.0386. The van der Waals surface area contributed by atoms with Gasteiger partial charge in [0.2, 0.25) is 0 Å². The van der Waals surface area contributed by atoms with Crippen LogP contribution in [-0.4, -0.2) is 50.6 Å². The number of likely N-dealkylation sites (N-methyl/N-ethyl adjacent to an activating group) is 1. The molecule has 6 nitrogen and oxygen atoms in total. The Morgan fingerprint density at radius 3 is 2.55 bits per heavy atom. The maximum Gasteiger partial charge on any atom is 0.251 e. The van der Waals surface area contributed by atoms with Crippen LogP contribution in [0.15, 0.2) is 59.6 Å². The number of carbonyl (C=O) groups is 1. The summed E-state index contributed by atoms with van der Waals surface area (Å²) in [4.78, 5) is 18.5. The monoisotopic (exact) mass is 510 g/mol. The summed E-state index contributed by atoms with van der Waals surface area (Å²) < 4.78 is 5.74. The van der Waals surface area contributed by atoms with Crippen LogP contribution in [0.5, 0.6) is 5.75 Å². The second-order valence-corrected chi connectivity index (χ2v) is 6.44. The van der Waals surface area contributed by atoms with Gasteiger partial charge in [-0.15, -0.1) is 24.0 Å². The van der Waals surface area contributed by atoms with E-state index in [0.29, 0.717) is 31.8 Å². The second-order valence-electron chi connectivity index (χ2n) is 6.44. The van der Waals surface area contributed by atoms with Gasteiger partial charge in [0.1, 0.15) is 12.4 Å². The number of halogens is 1. The van der Waals surface area contributed by atoms with Crippen molar-refractivity contribution in [2.75, 3.05) is 33.8 Å². The number of ether oxygens (including phenoxy) is 1. The van der Waals surface area contributed by atoms with Crippen molar-refractivity contribution in [2.45, 2.75) is 19.9 Å². The molecule has 2 aromatic carbocycles. The van der Waals surface area contributed by atoms with Crippen molar-refractivity contribution in [2.24, 2.45) is 4.99 Å². The Morgan fingerprint density at radius 2 is 1.86 bits per heavy atom. The minimum absolute atomic E-state index is 0. The van der Waals surface area contributed by atoms with E-state index >= 15 is 0 Å². The largest absolute Gasteiger partial charge is 0.492 e. The van der Waals surface area contributed by atoms with Gasteiger partial charge in [0, 0.05) is 32.7 Å². The van der Waals surface area contributed by atoms with Gasteiger partial charge < -0.3 is 20.3 Å². The van der Waals surface area contributed by atoms with E-state index in [1.165, 1.54) is 0 Å². The lowest BCUT2D eigenvalue weighted by atomic mass is 10.1. The van der Waals surface area contributed by atoms with Gasteiger partial charge in [0.05, 0.1) is 6.54 Å². The molecule has 0 spiro atoms. The number of hydrogen-bond acceptors (Lipinski definition) is 3. The molecule has 2 rings (SSSR count). The summed E-state index contributed by atoms with van der Waals surface area (Å²) in [5, 5.41) is 6.23. The molecule has 7 heteroatoms. The normalized spacial score (nSPS) is 10.7. The van der Waals surface area contributed by atoms with Gasteiger partial charge in [-0.3, -0.25) is 9.79 Å². The van der Waals surface area contributed by atoms with Gasteiger partial charge in [-0.05, 0) is 36.2 Å². The van der Waals surface area contributed by atoms with E-state index in [4.69, 9.17) is 4.74 Å². The van der Waals surface area contributed by atoms with Gasteiger partial charge in [0.15, 0.2) is 5.96 Å². The van der Waals surface area contributed by atoms with Crippen LogP contribution in [0.4, 0.5) is 0 Å². The number of benzene rings is 2. The molecule has 2 aromatic rings. The molecule has 0 aliphatic heterocycles. The standard InChI is InChI=1S/C22H30N4O2.HI/c1-4-13-24-21(27)19-10-8-9-18(16-19)17-25-22(23-2)26(3)14-15-28-20-11-6-5-7-12-20;/h5-12,16H,4,13-15,17H2,1-3H3,(H,23,25)(H,24,27);1H. The fourth-order valence-electron chi connectivity index (χ4n) is 2.65. The number of carbonyl (C=O) groups excluding carboxylic acids is 1. The molecule has 0 fully saturated rings. The highest BCUT2D eigenvalue weighted by Crippen LogP contribution is 2.08. The maximum absolute atomic E-state index is 12.1. The Morgan fingerprint density at radius 1 is 1.10 bits per heavy atom. The fraction of sp³-hybridized carbons (Fsp3) is 0.364. The van der Waals surface area contributed by atoms with Crippen LogP contribution in [0.1, 0.15) is 29.3 Å². The van der Waals surface area contributed by atoms with Crippen LogP contribution >= 0.6 is 24.0 Å². The van der Waals surface area contributed by atoms with Crippen LogP contribution in [0.3, 0.4) is 0 Å². The first-order chi connectivity index (χ1) is 13.6. The summed E-state index contributed by atoms with van der Waals surface area (Å²) in [6, 6.07) is 17.4. The van der Waals surface area contributed by atoms with Gasteiger partial charge in [0.25, 0.3) is 5.91 Å². The predicted octanol–water partition coefficient (Wildman–Crippen LogP) is 3.53. The van der Waals surface area contributed by atoms with Crippen molar-refractivity contribution in [3.05, 3.63) is 65.7 Å². The molecule has 2 N–H and O–H groups in total. The van der Waals surface area contributed by atoms with E-state index < -0.39 is 0 Å². The molecule has 158 valence electrons. The number of para-hydroxylation sites is 1. The third kappa shape index (κ3) is 8.72. The molecule has 0 aromatic heterocycles. The van der Waals surface area contributed by atoms with E-state index in [2.05, 4.69) is 15.6 Å². The Labute approximate surface area is 190 Å². The van der Waals surface area contributed by atoms with E-state index in [1.807, 2.05) is 73.5 Å². The van der Waals surface area contributed by atoms with Crippen molar-refractivity contribution < 1.29 is 9.53 Å². The Balaban J connectivity index is 0.00000420. The first kappa shape index (κ1) is 24.7. The molecule has 0 bridgehead atoms. The van der Waals surface area contributed by atoms with Crippen LogP contribution in [0.25, 0.3) is 0 Å². The average molecular weight is 510 g/mol. The van der Waals surface area contributed by atoms with Gasteiger partial charge >= 0.3 is 0 Å². The summed E-state index contributed by atoms with van der Waals surface area (Å²) in [6.45, 7) is 4.57. The van der Waals surface area contributed by atoms with Crippen molar-refractivity contribution in [1.82, 2.24) is 15.5 Å². The topological polar surface area (TPSA) is 66.0 Å². The Kier molecular flexibility index (Phi) is 11.8. The number of rotatable bonds is 9. The first-order valence-electron chi connectivity index (χ1n) is 9.60. The average Bonchev–Trinajstić information content (AvgIpc) is 2.73. The highest BCUT2D eigenvalue weighted by Gasteiger charge is 2.08. The maximum atomic E-state index is 12.1. The molecule has 0 atom stereocenters. The number of aliphatic imine (C=N–C) groups is 1. The highest BCUT2D eigenvalue weighted by atomic mass is 127. The summed E-state index contributed by atoms with van der Waals surface area (Å²) in [5.41, 5.74) is 1.70. The Bertz CT molecular complexity index is 768. The Hall–Kier alpha value is -2.29. The van der Waals surface area contributed by atoms with Crippen LogP contribution in [0, 0.1) is 0 Å². The molecule has 29 heavy (non-hydrogen) atoms. The van der Waals surface area contributed by atoms with Gasteiger partial charge in [-0.2, -0.15) is 0 Å². The summed E-state index contributed by atoms with van der Waals surface area (Å²) in [6.07, 6.45) is 0.920. The van der Waals surface area contributed by atoms with Crippen LogP contribution in [-0.2, 0) is 6.54 Å². The van der Waals surface area contributed by atoms with Crippen molar-refractivity contribution in [1.29, 1.82) is 0 Å². The molecule has 1 amide bonds. The summed E-state index contributed by atoms with van der Waals surface area (Å²) in [5.74, 6) is 1.60. The van der Waals surface area contributed by atoms with E-state index in [0.717, 1.165) is 23.7 Å². The molecule has 0 aliphatic carbocycles. The molecular formula is C22H31IN4O2. The fourth-order valence-corrected chi connectivity index (χ4v) is 2.65.